The molecule has 0 amide bonds. The van der Waals surface area contributed by atoms with E-state index < -0.39 is 0 Å². The lowest BCUT2D eigenvalue weighted by atomic mass is 10.1. The van der Waals surface area contributed by atoms with E-state index in [1.165, 1.54) is 17.8 Å². The third-order valence-corrected chi connectivity index (χ3v) is 5.17. The molecule has 0 saturated heterocycles. The fourth-order valence-corrected chi connectivity index (χ4v) is 3.98. The topological polar surface area (TPSA) is 12.0 Å². The minimum absolute atomic E-state index is 0.296. The maximum absolute atomic E-state index is 3.55. The van der Waals surface area contributed by atoms with Gasteiger partial charge in [0.1, 0.15) is 0 Å². The number of hydrogen-bond donors (Lipinski definition) is 1. The van der Waals surface area contributed by atoms with Gasteiger partial charge in [-0.1, -0.05) is 25.1 Å². The highest BCUT2D eigenvalue weighted by Gasteiger charge is 2.16. The quantitative estimate of drug-likeness (QED) is 0.698. The Hall–Kier alpha value is 0.0900. The molecule has 1 atom stereocenters. The maximum atomic E-state index is 3.55. The Labute approximate surface area is 128 Å². The highest BCUT2D eigenvalue weighted by atomic mass is 127. The van der Waals surface area contributed by atoms with Gasteiger partial charge in [-0.2, -0.15) is 0 Å². The summed E-state index contributed by atoms with van der Waals surface area (Å²) in [7, 11) is 0. The third-order valence-electron chi connectivity index (χ3n) is 2.50. The van der Waals surface area contributed by atoms with Crippen LogP contribution in [0.4, 0.5) is 0 Å². The van der Waals surface area contributed by atoms with Crippen molar-refractivity contribution < 1.29 is 0 Å². The van der Waals surface area contributed by atoms with Gasteiger partial charge in [0.05, 0.1) is 9.83 Å². The zero-order valence-electron chi connectivity index (χ0n) is 9.41. The van der Waals surface area contributed by atoms with Crippen molar-refractivity contribution in [2.45, 2.75) is 13.0 Å². The van der Waals surface area contributed by atoms with Crippen LogP contribution in [0.15, 0.2) is 40.2 Å². The Kier molecular flexibility index (Phi) is 5.02. The van der Waals surface area contributed by atoms with Crippen molar-refractivity contribution in [3.05, 3.63) is 54.2 Å². The summed E-state index contributed by atoms with van der Waals surface area (Å²) in [6, 6.07) is 13.1. The van der Waals surface area contributed by atoms with Crippen LogP contribution in [0.2, 0.25) is 0 Å². The number of hydrogen-bond acceptors (Lipinski definition) is 2. The summed E-state index contributed by atoms with van der Waals surface area (Å²) in [5.41, 5.74) is 1.35. The summed E-state index contributed by atoms with van der Waals surface area (Å²) in [5, 5.41) is 3.55. The van der Waals surface area contributed by atoms with E-state index in [4.69, 9.17) is 0 Å². The molecular formula is C13H13BrINS. The van der Waals surface area contributed by atoms with Gasteiger partial charge >= 0.3 is 0 Å². The second-order valence-electron chi connectivity index (χ2n) is 3.65. The molecule has 1 N–H and O–H groups in total. The number of nitrogens with one attached hydrogen (secondary N) is 1. The number of thiophene rings is 1. The van der Waals surface area contributed by atoms with Crippen molar-refractivity contribution in [2.24, 2.45) is 0 Å². The van der Waals surface area contributed by atoms with E-state index in [0.29, 0.717) is 6.04 Å². The van der Waals surface area contributed by atoms with Gasteiger partial charge in [0.15, 0.2) is 0 Å². The molecule has 0 aliphatic carbocycles. The first kappa shape index (κ1) is 13.5. The standard InChI is InChI=1S/C13H13BrINS/c1-2-16-13(11-7-8-12(14)17-11)9-5-3-4-6-10(9)15/h3-8,13,16H,2H2,1H3. The van der Waals surface area contributed by atoms with E-state index in [9.17, 15) is 0 Å². The molecule has 1 nitrogen and oxygen atoms in total. The summed E-state index contributed by atoms with van der Waals surface area (Å²) in [6.45, 7) is 3.11. The Bertz CT molecular complexity index is 498. The van der Waals surface area contributed by atoms with E-state index >= 15 is 0 Å². The minimum Gasteiger partial charge on any atom is -0.306 e. The number of benzene rings is 1. The number of halogens is 2. The summed E-state index contributed by atoms with van der Waals surface area (Å²) < 4.78 is 2.49. The highest BCUT2D eigenvalue weighted by molar-refractivity contribution is 14.1. The molecule has 90 valence electrons. The smallest absolute Gasteiger partial charge is 0.0702 e. The molecule has 17 heavy (non-hydrogen) atoms. The molecule has 0 bridgehead atoms. The summed E-state index contributed by atoms with van der Waals surface area (Å²) in [4.78, 5) is 1.35. The monoisotopic (exact) mass is 421 g/mol. The van der Waals surface area contributed by atoms with Gasteiger partial charge in [0, 0.05) is 8.45 Å². The van der Waals surface area contributed by atoms with Crippen molar-refractivity contribution >= 4 is 49.9 Å². The Morgan fingerprint density at radius 3 is 2.65 bits per heavy atom. The van der Waals surface area contributed by atoms with Crippen LogP contribution < -0.4 is 5.32 Å². The molecule has 1 aromatic carbocycles. The second-order valence-corrected chi connectivity index (χ2v) is 7.31. The molecule has 0 spiro atoms. The van der Waals surface area contributed by atoms with Crippen molar-refractivity contribution in [3.8, 4) is 0 Å². The Morgan fingerprint density at radius 1 is 1.29 bits per heavy atom. The number of rotatable bonds is 4. The van der Waals surface area contributed by atoms with Crippen molar-refractivity contribution in [3.63, 3.8) is 0 Å². The zero-order chi connectivity index (χ0) is 12.3. The lowest BCUT2D eigenvalue weighted by molar-refractivity contribution is 0.637. The van der Waals surface area contributed by atoms with Crippen molar-refractivity contribution in [1.29, 1.82) is 0 Å². The summed E-state index contributed by atoms with van der Waals surface area (Å²) >= 11 is 7.72. The largest absolute Gasteiger partial charge is 0.306 e. The van der Waals surface area contributed by atoms with Gasteiger partial charge in [0.2, 0.25) is 0 Å². The molecule has 0 aliphatic rings. The predicted molar refractivity (Wildman–Crippen MR) is 86.7 cm³/mol. The van der Waals surface area contributed by atoms with E-state index in [2.05, 4.69) is 87.2 Å². The fourth-order valence-electron chi connectivity index (χ4n) is 1.76. The first-order valence-electron chi connectivity index (χ1n) is 5.45. The van der Waals surface area contributed by atoms with Gasteiger partial charge in [-0.3, -0.25) is 0 Å². The van der Waals surface area contributed by atoms with E-state index in [1.807, 2.05) is 0 Å². The SMILES string of the molecule is CCNC(c1ccc(Br)s1)c1ccccc1I. The van der Waals surface area contributed by atoms with Crippen LogP contribution >= 0.6 is 49.9 Å². The Balaban J connectivity index is 2.39. The first-order valence-corrected chi connectivity index (χ1v) is 8.14. The molecule has 0 radical (unpaired) electrons. The van der Waals surface area contributed by atoms with Gasteiger partial charge in [0.25, 0.3) is 0 Å². The van der Waals surface area contributed by atoms with E-state index in [1.54, 1.807) is 11.3 Å². The van der Waals surface area contributed by atoms with Crippen LogP contribution in [-0.2, 0) is 0 Å². The van der Waals surface area contributed by atoms with Crippen LogP contribution in [-0.4, -0.2) is 6.54 Å². The molecule has 2 rings (SSSR count). The second kappa shape index (κ2) is 6.31. The lowest BCUT2D eigenvalue weighted by Gasteiger charge is -2.18. The van der Waals surface area contributed by atoms with Crippen molar-refractivity contribution in [1.82, 2.24) is 5.32 Å². The maximum Gasteiger partial charge on any atom is 0.0702 e. The van der Waals surface area contributed by atoms with E-state index in [-0.39, 0.29) is 0 Å². The lowest BCUT2D eigenvalue weighted by Crippen LogP contribution is -2.21. The molecule has 1 heterocycles. The molecule has 1 aromatic heterocycles. The molecule has 1 unspecified atom stereocenters. The zero-order valence-corrected chi connectivity index (χ0v) is 14.0. The van der Waals surface area contributed by atoms with Crippen molar-refractivity contribution in [2.75, 3.05) is 6.54 Å². The van der Waals surface area contributed by atoms with Gasteiger partial charge in [-0.05, 0) is 68.8 Å². The fraction of sp³-hybridized carbons (Fsp3) is 0.231. The minimum atomic E-state index is 0.296. The van der Waals surface area contributed by atoms with Crippen LogP contribution in [0.25, 0.3) is 0 Å². The van der Waals surface area contributed by atoms with Crippen LogP contribution in [0, 0.1) is 3.57 Å². The van der Waals surface area contributed by atoms with Crippen LogP contribution in [0.1, 0.15) is 23.4 Å². The predicted octanol–water partition coefficient (Wildman–Crippen LogP) is 4.81. The van der Waals surface area contributed by atoms with Gasteiger partial charge in [-0.15, -0.1) is 11.3 Å². The molecule has 0 saturated carbocycles. The molecule has 4 heteroatoms. The molecule has 2 aromatic rings. The highest BCUT2D eigenvalue weighted by Crippen LogP contribution is 2.32. The molecule has 0 fully saturated rings. The third kappa shape index (κ3) is 3.30. The average Bonchev–Trinajstić information content (AvgIpc) is 2.74. The molecule has 0 aliphatic heterocycles. The van der Waals surface area contributed by atoms with E-state index in [0.717, 1.165) is 6.54 Å². The molecular weight excluding hydrogens is 409 g/mol. The normalized spacial score (nSPS) is 12.6. The summed E-state index contributed by atoms with van der Waals surface area (Å²) in [6.07, 6.45) is 0. The van der Waals surface area contributed by atoms with Gasteiger partial charge < -0.3 is 5.32 Å². The van der Waals surface area contributed by atoms with Crippen LogP contribution in [0.5, 0.6) is 0 Å². The Morgan fingerprint density at radius 2 is 2.06 bits per heavy atom. The van der Waals surface area contributed by atoms with Crippen LogP contribution in [0.3, 0.4) is 0 Å². The first-order chi connectivity index (χ1) is 8.22. The van der Waals surface area contributed by atoms with Gasteiger partial charge in [-0.25, -0.2) is 0 Å². The average molecular weight is 422 g/mol. The summed E-state index contributed by atoms with van der Waals surface area (Å²) in [5.74, 6) is 0.